The number of likely N-dealkylation sites (N-methyl/N-ethyl adjacent to an activating group) is 1. The van der Waals surface area contributed by atoms with Crippen molar-refractivity contribution in [3.8, 4) is 0 Å². The van der Waals surface area contributed by atoms with E-state index in [2.05, 4.69) is 60.1 Å². The Morgan fingerprint density at radius 3 is 2.40 bits per heavy atom. The van der Waals surface area contributed by atoms with Gasteiger partial charge in [-0.25, -0.2) is 0 Å². The Kier molecular flexibility index (Phi) is 18.7. The number of carbonyl (C=O) groups is 3. The van der Waals surface area contributed by atoms with E-state index in [1.807, 2.05) is 68.7 Å². The van der Waals surface area contributed by atoms with Crippen molar-refractivity contribution in [3.05, 3.63) is 119 Å². The van der Waals surface area contributed by atoms with Crippen molar-refractivity contribution in [3.63, 3.8) is 0 Å². The van der Waals surface area contributed by atoms with Crippen LogP contribution in [0, 0.1) is 0 Å². The molecule has 2 aliphatic rings. The summed E-state index contributed by atoms with van der Waals surface area (Å²) in [5, 5.41) is 5.95. The van der Waals surface area contributed by atoms with Crippen LogP contribution < -0.4 is 15.5 Å². The predicted octanol–water partition coefficient (Wildman–Crippen LogP) is 8.46. The van der Waals surface area contributed by atoms with Gasteiger partial charge in [0, 0.05) is 49.2 Å². The molecular formula is C40H54N4O3S. The fraction of sp³-hybridized carbons (Fsp3) is 0.375. The van der Waals surface area contributed by atoms with Crippen LogP contribution in [0.15, 0.2) is 108 Å². The quantitative estimate of drug-likeness (QED) is 0.185. The average Bonchev–Trinajstić information content (AvgIpc) is 3.93. The van der Waals surface area contributed by atoms with Gasteiger partial charge in [0.15, 0.2) is 0 Å². The van der Waals surface area contributed by atoms with Crippen LogP contribution in [0.5, 0.6) is 0 Å². The van der Waals surface area contributed by atoms with Crippen molar-refractivity contribution in [2.45, 2.75) is 59.4 Å². The van der Waals surface area contributed by atoms with Gasteiger partial charge in [-0.1, -0.05) is 69.9 Å². The molecule has 1 heterocycles. The number of aldehydes is 1. The fourth-order valence-corrected chi connectivity index (χ4v) is 5.27. The van der Waals surface area contributed by atoms with Gasteiger partial charge in [0.1, 0.15) is 6.29 Å². The molecular weight excluding hydrogens is 617 g/mol. The van der Waals surface area contributed by atoms with E-state index >= 15 is 0 Å². The Balaban J connectivity index is 0.000000317. The number of anilines is 2. The smallest absolute Gasteiger partial charge is 0.257 e. The zero-order valence-electron chi connectivity index (χ0n) is 29.6. The summed E-state index contributed by atoms with van der Waals surface area (Å²) in [5.74, 6) is -0.0969. The van der Waals surface area contributed by atoms with Gasteiger partial charge in [0.2, 0.25) is 0 Å². The average molecular weight is 671 g/mol. The Labute approximate surface area is 292 Å². The van der Waals surface area contributed by atoms with Crippen molar-refractivity contribution >= 4 is 41.2 Å². The van der Waals surface area contributed by atoms with Gasteiger partial charge < -0.3 is 20.4 Å². The molecule has 0 aromatic heterocycles. The van der Waals surface area contributed by atoms with E-state index in [9.17, 15) is 14.4 Å². The minimum Gasteiger partial charge on any atom is -0.371 e. The number of hydrogen-bond donors (Lipinski definition) is 2. The molecule has 0 unspecified atom stereocenters. The summed E-state index contributed by atoms with van der Waals surface area (Å²) in [6.45, 7) is 15.9. The Hall–Kier alpha value is -4.14. The molecule has 258 valence electrons. The molecule has 1 saturated carbocycles. The molecule has 1 aliphatic carbocycles. The van der Waals surface area contributed by atoms with Gasteiger partial charge in [-0.15, -0.1) is 11.8 Å². The molecule has 0 atom stereocenters. The minimum atomic E-state index is -0.144. The number of carbonyl (C=O) groups excluding carboxylic acids is 3. The molecule has 2 aromatic carbocycles. The highest BCUT2D eigenvalue weighted by atomic mass is 32.2. The first-order chi connectivity index (χ1) is 23.3. The van der Waals surface area contributed by atoms with E-state index in [1.165, 1.54) is 11.8 Å². The number of nitrogens with zero attached hydrogens (tertiary/aromatic N) is 2. The number of benzene rings is 2. The van der Waals surface area contributed by atoms with Gasteiger partial charge in [-0.2, -0.15) is 0 Å². The lowest BCUT2D eigenvalue weighted by atomic mass is 10.1. The van der Waals surface area contributed by atoms with Crippen molar-refractivity contribution in [1.82, 2.24) is 10.2 Å². The summed E-state index contributed by atoms with van der Waals surface area (Å²) in [5.41, 5.74) is 4.95. The van der Waals surface area contributed by atoms with Crippen LogP contribution in [-0.2, 0) is 4.79 Å². The number of para-hydroxylation sites is 1. The fourth-order valence-electron chi connectivity index (χ4n) is 4.76. The molecule has 2 N–H and O–H groups in total. The molecule has 1 fully saturated rings. The van der Waals surface area contributed by atoms with Gasteiger partial charge in [0.25, 0.3) is 11.8 Å². The van der Waals surface area contributed by atoms with E-state index < -0.39 is 0 Å². The summed E-state index contributed by atoms with van der Waals surface area (Å²) in [6.07, 6.45) is 19.2. The van der Waals surface area contributed by atoms with E-state index in [0.717, 1.165) is 79.9 Å². The van der Waals surface area contributed by atoms with Crippen LogP contribution in [0.4, 0.5) is 11.4 Å². The van der Waals surface area contributed by atoms with E-state index in [0.29, 0.717) is 22.9 Å². The Bertz CT molecular complexity index is 1460. The molecule has 0 radical (unpaired) electrons. The highest BCUT2D eigenvalue weighted by Crippen LogP contribution is 2.24. The number of amides is 2. The lowest BCUT2D eigenvalue weighted by Gasteiger charge is -2.24. The first kappa shape index (κ1) is 40.0. The van der Waals surface area contributed by atoms with E-state index in [1.54, 1.807) is 24.3 Å². The molecule has 4 rings (SSSR count). The van der Waals surface area contributed by atoms with Crippen LogP contribution in [0.2, 0.25) is 0 Å². The lowest BCUT2D eigenvalue weighted by molar-refractivity contribution is -0.116. The molecule has 8 heteroatoms. The number of thioether (sulfide) groups is 1. The van der Waals surface area contributed by atoms with Crippen molar-refractivity contribution in [1.29, 1.82) is 0 Å². The van der Waals surface area contributed by atoms with Crippen molar-refractivity contribution in [2.75, 3.05) is 49.7 Å². The summed E-state index contributed by atoms with van der Waals surface area (Å²) in [6, 6.07) is 14.8. The SMILES string of the molecule is C=C1/C=C\C=C/CN(C)CCC(/C=C(\SC)C(=O)NC2CC2)=C\1.CC.CCCN(CC)c1ccccc1C(=O)Nc1ccc(C=O)cc1. The van der Waals surface area contributed by atoms with Crippen molar-refractivity contribution in [2.24, 2.45) is 0 Å². The maximum Gasteiger partial charge on any atom is 0.257 e. The highest BCUT2D eigenvalue weighted by molar-refractivity contribution is 8.03. The second kappa shape index (κ2) is 22.4. The van der Waals surface area contributed by atoms with Crippen LogP contribution in [-0.4, -0.2) is 68.5 Å². The summed E-state index contributed by atoms with van der Waals surface area (Å²) in [4.78, 5) is 40.8. The zero-order chi connectivity index (χ0) is 35.3. The third-order valence-electron chi connectivity index (χ3n) is 7.47. The molecule has 0 spiro atoms. The van der Waals surface area contributed by atoms with Gasteiger partial charge in [-0.3, -0.25) is 14.4 Å². The van der Waals surface area contributed by atoms with E-state index in [-0.39, 0.29) is 11.8 Å². The monoisotopic (exact) mass is 670 g/mol. The zero-order valence-corrected chi connectivity index (χ0v) is 30.4. The molecule has 0 bridgehead atoms. The molecule has 2 aromatic rings. The summed E-state index contributed by atoms with van der Waals surface area (Å²) >= 11 is 1.50. The standard InChI is InChI=1S/C19H22N2O2.C19H26N2OS.C2H6/c1-3-13-21(4-2)18-8-6-5-7-17(18)19(23)20-16-11-9-15(14-22)10-12-16;1-15-7-5-4-6-11-21(2)12-10-16(13-15)14-18(23-3)19(22)20-17-8-9-17;1-2/h5-12,14H,3-4,13H2,1-2H3,(H,20,23);4-7,13-14,17H,1,8-12H2,2-3H3,(H,20,22);1-2H3/b;6-4-,7-5-,16-13+,18-14-;. The maximum absolute atomic E-state index is 12.6. The first-order valence-electron chi connectivity index (χ1n) is 17.0. The minimum absolute atomic E-state index is 0.0476. The second-order valence-corrected chi connectivity index (χ2v) is 12.2. The molecule has 1 aliphatic heterocycles. The maximum atomic E-state index is 12.6. The Morgan fingerprint density at radius 2 is 1.77 bits per heavy atom. The molecule has 48 heavy (non-hydrogen) atoms. The lowest BCUT2D eigenvalue weighted by Crippen LogP contribution is -2.26. The van der Waals surface area contributed by atoms with Crippen LogP contribution in [0.25, 0.3) is 0 Å². The summed E-state index contributed by atoms with van der Waals surface area (Å²) in [7, 11) is 2.11. The van der Waals surface area contributed by atoms with Crippen molar-refractivity contribution < 1.29 is 14.4 Å². The number of allylic oxidation sites excluding steroid dienone is 6. The number of rotatable bonds is 11. The number of nitrogens with one attached hydrogen (secondary N) is 2. The predicted molar refractivity (Wildman–Crippen MR) is 206 cm³/mol. The van der Waals surface area contributed by atoms with Crippen LogP contribution >= 0.6 is 11.8 Å². The van der Waals surface area contributed by atoms with Crippen LogP contribution in [0.1, 0.15) is 74.1 Å². The normalized spacial score (nSPS) is 17.4. The van der Waals surface area contributed by atoms with Crippen LogP contribution in [0.3, 0.4) is 0 Å². The highest BCUT2D eigenvalue weighted by Gasteiger charge is 2.24. The van der Waals surface area contributed by atoms with E-state index in [4.69, 9.17) is 0 Å². The largest absolute Gasteiger partial charge is 0.371 e. The third kappa shape index (κ3) is 14.3. The molecule has 2 amide bonds. The second-order valence-electron chi connectivity index (χ2n) is 11.3. The van der Waals surface area contributed by atoms with Gasteiger partial charge in [0.05, 0.1) is 10.5 Å². The Morgan fingerprint density at radius 1 is 1.06 bits per heavy atom. The first-order valence-corrected chi connectivity index (χ1v) is 18.2. The summed E-state index contributed by atoms with van der Waals surface area (Å²) < 4.78 is 0. The van der Waals surface area contributed by atoms with Gasteiger partial charge >= 0.3 is 0 Å². The molecule has 0 saturated heterocycles. The number of hydrogen-bond acceptors (Lipinski definition) is 6. The third-order valence-corrected chi connectivity index (χ3v) is 8.21. The molecule has 7 nitrogen and oxygen atoms in total. The van der Waals surface area contributed by atoms with Gasteiger partial charge in [-0.05, 0) is 99.5 Å². The topological polar surface area (TPSA) is 81.8 Å².